The van der Waals surface area contributed by atoms with Crippen LogP contribution in [0.15, 0.2) is 27.8 Å². The van der Waals surface area contributed by atoms with E-state index in [9.17, 15) is 23.5 Å². The fourth-order valence-corrected chi connectivity index (χ4v) is 1.50. The molecule has 2 aromatic rings. The number of hydrogen-bond acceptors (Lipinski definition) is 3. The Morgan fingerprint density at radius 2 is 1.94 bits per heavy atom. The molecule has 0 atom stereocenters. The molecule has 94 valence electrons. The number of benzene rings is 1. The van der Waals surface area contributed by atoms with Gasteiger partial charge in [0, 0.05) is 0 Å². The number of aromatic amines is 1. The summed E-state index contributed by atoms with van der Waals surface area (Å²) in [5.74, 6) is -3.18. The van der Waals surface area contributed by atoms with Crippen LogP contribution >= 0.6 is 0 Å². The molecule has 0 amide bonds. The van der Waals surface area contributed by atoms with Gasteiger partial charge in [0.15, 0.2) is 11.6 Å². The molecular weight excluding hydrogens is 246 g/mol. The monoisotopic (exact) mass is 254 g/mol. The summed E-state index contributed by atoms with van der Waals surface area (Å²) in [5.41, 5.74) is -2.48. The quantitative estimate of drug-likeness (QED) is 0.791. The second-order valence-corrected chi connectivity index (χ2v) is 3.62. The third kappa shape index (κ3) is 1.69. The Hall–Kier alpha value is -2.44. The number of H-pyrrole nitrogens is 1. The molecule has 0 saturated heterocycles. The summed E-state index contributed by atoms with van der Waals surface area (Å²) in [7, 11) is 0. The number of halogens is 2. The minimum absolute atomic E-state index is 0.168. The first-order valence-corrected chi connectivity index (χ1v) is 4.92. The van der Waals surface area contributed by atoms with E-state index in [4.69, 9.17) is 0 Å². The molecule has 0 radical (unpaired) electrons. The zero-order valence-electron chi connectivity index (χ0n) is 9.20. The number of hydrogen-bond donors (Lipinski definition) is 2. The van der Waals surface area contributed by atoms with Gasteiger partial charge in [-0.3, -0.25) is 9.78 Å². The molecule has 5 nitrogen and oxygen atoms in total. The van der Waals surface area contributed by atoms with Crippen LogP contribution in [0.2, 0.25) is 0 Å². The molecule has 0 unspecified atom stereocenters. The highest BCUT2D eigenvalue weighted by Gasteiger charge is 2.16. The minimum Gasteiger partial charge on any atom is -0.494 e. The standard InChI is InChI=1S/C11H8F2N2O3/c1-5-9(16)14-11(18)15(10(5)17)7-4-2-3-6(12)8(7)13/h2-4,17H,1H3,(H,14,16,18). The smallest absolute Gasteiger partial charge is 0.335 e. The van der Waals surface area contributed by atoms with Crippen LogP contribution in [0, 0.1) is 18.6 Å². The lowest BCUT2D eigenvalue weighted by molar-refractivity contribution is 0.420. The Labute approximate surface area is 99.0 Å². The number of nitrogens with zero attached hydrogens (tertiary/aromatic N) is 1. The lowest BCUT2D eigenvalue weighted by Crippen LogP contribution is -2.30. The third-order valence-corrected chi connectivity index (χ3v) is 2.48. The van der Waals surface area contributed by atoms with Crippen LogP contribution in [0.25, 0.3) is 5.69 Å². The largest absolute Gasteiger partial charge is 0.494 e. The van der Waals surface area contributed by atoms with Gasteiger partial charge in [0.25, 0.3) is 5.56 Å². The van der Waals surface area contributed by atoms with Crippen molar-refractivity contribution >= 4 is 0 Å². The Morgan fingerprint density at radius 1 is 1.28 bits per heavy atom. The van der Waals surface area contributed by atoms with Crippen LogP contribution < -0.4 is 11.2 Å². The Kier molecular flexibility index (Phi) is 2.74. The van der Waals surface area contributed by atoms with E-state index in [1.54, 1.807) is 0 Å². The van der Waals surface area contributed by atoms with Crippen molar-refractivity contribution in [3.05, 3.63) is 56.2 Å². The highest BCUT2D eigenvalue weighted by molar-refractivity contribution is 5.39. The summed E-state index contributed by atoms with van der Waals surface area (Å²) in [4.78, 5) is 24.6. The number of aromatic nitrogens is 2. The van der Waals surface area contributed by atoms with Crippen molar-refractivity contribution in [1.82, 2.24) is 9.55 Å². The molecule has 0 spiro atoms. The van der Waals surface area contributed by atoms with E-state index in [1.165, 1.54) is 13.0 Å². The molecule has 1 aromatic heterocycles. The first-order valence-electron chi connectivity index (χ1n) is 4.92. The summed E-state index contributed by atoms with van der Waals surface area (Å²) in [6, 6.07) is 3.16. The Morgan fingerprint density at radius 3 is 2.61 bits per heavy atom. The molecule has 2 N–H and O–H groups in total. The van der Waals surface area contributed by atoms with Gasteiger partial charge in [-0.25, -0.2) is 18.1 Å². The molecule has 1 aromatic carbocycles. The maximum absolute atomic E-state index is 13.5. The van der Waals surface area contributed by atoms with E-state index in [-0.39, 0.29) is 5.56 Å². The van der Waals surface area contributed by atoms with Gasteiger partial charge in [-0.15, -0.1) is 0 Å². The topological polar surface area (TPSA) is 75.1 Å². The van der Waals surface area contributed by atoms with Gasteiger partial charge < -0.3 is 5.11 Å². The third-order valence-electron chi connectivity index (χ3n) is 2.48. The van der Waals surface area contributed by atoms with Crippen molar-refractivity contribution in [2.45, 2.75) is 6.92 Å². The molecule has 0 aliphatic rings. The minimum atomic E-state index is -1.29. The van der Waals surface area contributed by atoms with E-state index >= 15 is 0 Å². The summed E-state index contributed by atoms with van der Waals surface area (Å²) in [6.07, 6.45) is 0. The second-order valence-electron chi connectivity index (χ2n) is 3.62. The number of nitrogens with one attached hydrogen (secondary N) is 1. The number of rotatable bonds is 1. The maximum Gasteiger partial charge on any atom is 0.335 e. The SMILES string of the molecule is Cc1c(O)n(-c2cccc(F)c2F)c(=O)[nH]c1=O. The van der Waals surface area contributed by atoms with Crippen LogP contribution in [-0.2, 0) is 0 Å². The maximum atomic E-state index is 13.5. The average molecular weight is 254 g/mol. The fraction of sp³-hybridized carbons (Fsp3) is 0.0909. The van der Waals surface area contributed by atoms with E-state index in [0.29, 0.717) is 4.57 Å². The Balaban J connectivity index is 2.88. The van der Waals surface area contributed by atoms with Crippen molar-refractivity contribution in [3.63, 3.8) is 0 Å². The van der Waals surface area contributed by atoms with Crippen LogP contribution in [0.5, 0.6) is 5.88 Å². The molecule has 0 fully saturated rings. The molecular formula is C11H8F2N2O3. The highest BCUT2D eigenvalue weighted by atomic mass is 19.2. The van der Waals surface area contributed by atoms with Crippen molar-refractivity contribution in [2.24, 2.45) is 0 Å². The van der Waals surface area contributed by atoms with Crippen LogP contribution in [-0.4, -0.2) is 14.7 Å². The molecule has 0 bridgehead atoms. The molecule has 7 heteroatoms. The van der Waals surface area contributed by atoms with Gasteiger partial charge in [0.05, 0.1) is 11.3 Å². The van der Waals surface area contributed by atoms with Gasteiger partial charge in [-0.1, -0.05) is 6.07 Å². The summed E-state index contributed by atoms with van der Waals surface area (Å²) >= 11 is 0. The lowest BCUT2D eigenvalue weighted by atomic mass is 10.2. The van der Waals surface area contributed by atoms with E-state index in [1.807, 2.05) is 4.98 Å². The van der Waals surface area contributed by atoms with E-state index in [2.05, 4.69) is 0 Å². The summed E-state index contributed by atoms with van der Waals surface area (Å²) < 4.78 is 27.1. The van der Waals surface area contributed by atoms with Gasteiger partial charge in [-0.05, 0) is 19.1 Å². The normalized spacial score (nSPS) is 10.6. The zero-order chi connectivity index (χ0) is 13.4. The van der Waals surface area contributed by atoms with E-state index < -0.39 is 34.5 Å². The molecule has 0 aliphatic carbocycles. The van der Waals surface area contributed by atoms with Crippen molar-refractivity contribution in [2.75, 3.05) is 0 Å². The molecule has 0 aliphatic heterocycles. The first-order chi connectivity index (χ1) is 8.43. The molecule has 18 heavy (non-hydrogen) atoms. The van der Waals surface area contributed by atoms with Crippen LogP contribution in [0.4, 0.5) is 8.78 Å². The first kappa shape index (κ1) is 12.0. The summed E-state index contributed by atoms with van der Waals surface area (Å²) in [6.45, 7) is 1.25. The molecule has 0 saturated carbocycles. The fourth-order valence-electron chi connectivity index (χ4n) is 1.50. The lowest BCUT2D eigenvalue weighted by Gasteiger charge is -2.10. The van der Waals surface area contributed by atoms with Crippen molar-refractivity contribution < 1.29 is 13.9 Å². The van der Waals surface area contributed by atoms with Gasteiger partial charge in [0.1, 0.15) is 0 Å². The molecule has 1 heterocycles. The average Bonchev–Trinajstić information content (AvgIpc) is 2.32. The highest BCUT2D eigenvalue weighted by Crippen LogP contribution is 2.19. The predicted octanol–water partition coefficient (Wildman–Crippen LogP) is 0.818. The molecule has 2 rings (SSSR count). The Bertz CT molecular complexity index is 734. The van der Waals surface area contributed by atoms with Gasteiger partial charge in [0.2, 0.25) is 5.88 Å². The van der Waals surface area contributed by atoms with Crippen molar-refractivity contribution in [1.29, 1.82) is 0 Å². The zero-order valence-corrected chi connectivity index (χ0v) is 9.20. The van der Waals surface area contributed by atoms with E-state index in [0.717, 1.165) is 12.1 Å². The van der Waals surface area contributed by atoms with Crippen molar-refractivity contribution in [3.8, 4) is 11.6 Å². The number of aromatic hydroxyl groups is 1. The summed E-state index contributed by atoms with van der Waals surface area (Å²) in [5, 5.41) is 9.68. The predicted molar refractivity (Wildman–Crippen MR) is 59.0 cm³/mol. The second kappa shape index (κ2) is 4.10. The van der Waals surface area contributed by atoms with Gasteiger partial charge in [-0.2, -0.15) is 0 Å². The van der Waals surface area contributed by atoms with Crippen LogP contribution in [0.1, 0.15) is 5.56 Å². The van der Waals surface area contributed by atoms with Gasteiger partial charge >= 0.3 is 5.69 Å². The van der Waals surface area contributed by atoms with Crippen LogP contribution in [0.3, 0.4) is 0 Å².